The number of nitriles is 1. The number of allylic oxidation sites excluding steroid dienone is 1. The van der Waals surface area contributed by atoms with Crippen LogP contribution >= 0.6 is 0 Å². The second-order valence-electron chi connectivity index (χ2n) is 11.1. The maximum Gasteiger partial charge on any atom is 0.185 e. The van der Waals surface area contributed by atoms with Gasteiger partial charge in [-0.05, 0) is 75.1 Å². The number of ketones is 2. The van der Waals surface area contributed by atoms with Crippen LogP contribution in [0.5, 0.6) is 0 Å². The first-order chi connectivity index (χ1) is 13.0. The van der Waals surface area contributed by atoms with Crippen LogP contribution < -0.4 is 0 Å². The molecule has 0 saturated heterocycles. The first kappa shape index (κ1) is 20.0. The van der Waals surface area contributed by atoms with E-state index in [-0.39, 0.29) is 17.1 Å². The summed E-state index contributed by atoms with van der Waals surface area (Å²) in [4.78, 5) is 25.6. The molecule has 0 unspecified atom stereocenters. The van der Waals surface area contributed by atoms with E-state index < -0.39 is 19.3 Å². The Labute approximate surface area is 169 Å². The van der Waals surface area contributed by atoms with E-state index in [2.05, 4.69) is 39.6 Å². The molecule has 6 atom stereocenters. The maximum atomic E-state index is 13.6. The lowest BCUT2D eigenvalue weighted by atomic mass is 9.46. The minimum atomic E-state index is -1.94. The second kappa shape index (κ2) is 6.12. The summed E-state index contributed by atoms with van der Waals surface area (Å²) in [6.45, 7) is 10.8. The molecule has 0 aromatic heterocycles. The first-order valence-corrected chi connectivity index (χ1v) is 14.2. The summed E-state index contributed by atoms with van der Waals surface area (Å²) in [5.74, 6) is 1.17. The summed E-state index contributed by atoms with van der Waals surface area (Å²) in [6, 6.07) is 2.57. The molecular formula is C23H33NO3Si. The molecule has 4 rings (SSSR count). The molecule has 0 amide bonds. The van der Waals surface area contributed by atoms with Crippen molar-refractivity contribution in [1.82, 2.24) is 0 Å². The topological polar surface area (TPSA) is 67.2 Å². The van der Waals surface area contributed by atoms with Crippen molar-refractivity contribution in [3.05, 3.63) is 11.6 Å². The molecule has 0 spiro atoms. The lowest BCUT2D eigenvalue weighted by Crippen LogP contribution is -2.60. The minimum absolute atomic E-state index is 0.0000458. The van der Waals surface area contributed by atoms with E-state index in [4.69, 9.17) is 4.43 Å². The molecule has 4 nitrogen and oxygen atoms in total. The van der Waals surface area contributed by atoms with Crippen molar-refractivity contribution in [2.24, 2.45) is 28.6 Å². The lowest BCUT2D eigenvalue weighted by molar-refractivity contribution is -0.152. The van der Waals surface area contributed by atoms with Gasteiger partial charge >= 0.3 is 0 Å². The highest BCUT2D eigenvalue weighted by atomic mass is 28.4. The Bertz CT molecular complexity index is 806. The highest BCUT2D eigenvalue weighted by molar-refractivity contribution is 6.69. The molecule has 0 N–H and O–H groups in total. The zero-order valence-corrected chi connectivity index (χ0v) is 18.9. The van der Waals surface area contributed by atoms with E-state index in [1.165, 1.54) is 5.57 Å². The fourth-order valence-electron chi connectivity index (χ4n) is 7.27. The molecular weight excluding hydrogens is 366 g/mol. The Hall–Kier alpha value is -1.25. The van der Waals surface area contributed by atoms with Gasteiger partial charge in [-0.25, -0.2) is 0 Å². The van der Waals surface area contributed by atoms with Crippen LogP contribution in [0.4, 0.5) is 0 Å². The SMILES string of the molecule is C[C@]12CCC(=O)C=C1CC[C@@H]1[C@@H]2C(=O)C[C@@]2(C)[C@H]1CC[C@@]2(C#N)O[Si](C)(C)C. The van der Waals surface area contributed by atoms with E-state index in [9.17, 15) is 14.9 Å². The summed E-state index contributed by atoms with van der Waals surface area (Å²) >= 11 is 0. The van der Waals surface area contributed by atoms with Crippen molar-refractivity contribution in [1.29, 1.82) is 5.26 Å². The first-order valence-electron chi connectivity index (χ1n) is 10.8. The van der Waals surface area contributed by atoms with Gasteiger partial charge in [0.2, 0.25) is 0 Å². The quantitative estimate of drug-likeness (QED) is 0.625. The second-order valence-corrected chi connectivity index (χ2v) is 15.5. The standard InChI is InChI=1S/C23H33NO3Si/c1-21-10-8-16(25)12-15(21)6-7-17-18-9-11-23(14-24,27-28(3,4)5)22(18,2)13-19(26)20(17)21/h12,17-18,20H,6-11,13H2,1-5H3/t17-,18-,20+,21-,22-,23-/m0/s1. The third kappa shape index (κ3) is 2.64. The van der Waals surface area contributed by atoms with Gasteiger partial charge in [0, 0.05) is 24.2 Å². The van der Waals surface area contributed by atoms with E-state index in [0.29, 0.717) is 30.5 Å². The Kier molecular flexibility index (Phi) is 4.38. The predicted octanol–water partition coefficient (Wildman–Crippen LogP) is 4.81. The van der Waals surface area contributed by atoms with Gasteiger partial charge in [0.1, 0.15) is 11.4 Å². The van der Waals surface area contributed by atoms with Gasteiger partial charge in [-0.15, -0.1) is 0 Å². The molecule has 0 radical (unpaired) electrons. The van der Waals surface area contributed by atoms with Gasteiger partial charge < -0.3 is 4.43 Å². The van der Waals surface area contributed by atoms with Crippen LogP contribution in [-0.4, -0.2) is 25.5 Å². The molecule has 28 heavy (non-hydrogen) atoms. The third-order valence-electron chi connectivity index (χ3n) is 8.44. The van der Waals surface area contributed by atoms with Crippen LogP contribution in [0.2, 0.25) is 19.6 Å². The van der Waals surface area contributed by atoms with Gasteiger partial charge in [-0.1, -0.05) is 19.4 Å². The van der Waals surface area contributed by atoms with Gasteiger partial charge in [0.15, 0.2) is 14.1 Å². The molecule has 4 aliphatic carbocycles. The van der Waals surface area contributed by atoms with Crippen LogP contribution in [0.3, 0.4) is 0 Å². The van der Waals surface area contributed by atoms with Crippen molar-refractivity contribution in [2.75, 3.05) is 0 Å². The molecule has 4 aliphatic rings. The average Bonchev–Trinajstić information content (AvgIpc) is 2.86. The average molecular weight is 400 g/mol. The number of hydrogen-bond donors (Lipinski definition) is 0. The van der Waals surface area contributed by atoms with Gasteiger partial charge in [-0.2, -0.15) is 5.26 Å². The van der Waals surface area contributed by atoms with E-state index >= 15 is 0 Å². The number of hydrogen-bond acceptors (Lipinski definition) is 4. The van der Waals surface area contributed by atoms with Crippen LogP contribution in [0, 0.1) is 39.9 Å². The fraction of sp³-hybridized carbons (Fsp3) is 0.783. The van der Waals surface area contributed by atoms with E-state index in [1.807, 2.05) is 6.08 Å². The van der Waals surface area contributed by atoms with Crippen molar-refractivity contribution >= 4 is 19.9 Å². The fourth-order valence-corrected chi connectivity index (χ4v) is 8.69. The lowest BCUT2D eigenvalue weighted by Gasteiger charge is -2.58. The van der Waals surface area contributed by atoms with Crippen LogP contribution in [0.1, 0.15) is 58.8 Å². The van der Waals surface area contributed by atoms with Crippen molar-refractivity contribution in [2.45, 2.75) is 84.0 Å². The highest BCUT2D eigenvalue weighted by Gasteiger charge is 2.68. The number of fused-ring (bicyclic) bond motifs is 5. The minimum Gasteiger partial charge on any atom is -0.399 e. The number of Topliss-reactive ketones (excluding diaryl/α,β-unsaturated/α-hetero) is 1. The zero-order valence-electron chi connectivity index (χ0n) is 17.9. The number of rotatable bonds is 2. The highest BCUT2D eigenvalue weighted by Crippen LogP contribution is 2.67. The zero-order chi connectivity index (χ0) is 20.5. The molecule has 0 aromatic carbocycles. The van der Waals surface area contributed by atoms with Gasteiger partial charge in [0.05, 0.1) is 6.07 Å². The summed E-state index contributed by atoms with van der Waals surface area (Å²) in [6.07, 6.45) is 7.21. The van der Waals surface area contributed by atoms with Crippen molar-refractivity contribution in [3.63, 3.8) is 0 Å². The number of carbonyl (C=O) groups excluding carboxylic acids is 2. The Balaban J connectivity index is 1.74. The molecule has 0 heterocycles. The summed E-state index contributed by atoms with van der Waals surface area (Å²) in [5.41, 5.74) is -0.206. The summed E-state index contributed by atoms with van der Waals surface area (Å²) in [5, 5.41) is 10.2. The predicted molar refractivity (Wildman–Crippen MR) is 110 cm³/mol. The third-order valence-corrected chi connectivity index (χ3v) is 9.40. The normalized spacial score (nSPS) is 45.6. The summed E-state index contributed by atoms with van der Waals surface area (Å²) < 4.78 is 6.55. The maximum absolute atomic E-state index is 13.6. The van der Waals surface area contributed by atoms with Crippen LogP contribution in [-0.2, 0) is 14.0 Å². The summed E-state index contributed by atoms with van der Waals surface area (Å²) in [7, 11) is -1.94. The molecule has 3 fully saturated rings. The molecule has 3 saturated carbocycles. The number of carbonyl (C=O) groups is 2. The van der Waals surface area contributed by atoms with Crippen molar-refractivity contribution < 1.29 is 14.0 Å². The van der Waals surface area contributed by atoms with Gasteiger partial charge in [-0.3, -0.25) is 9.59 Å². The smallest absolute Gasteiger partial charge is 0.185 e. The Morgan fingerprint density at radius 3 is 2.50 bits per heavy atom. The Morgan fingerprint density at radius 2 is 1.86 bits per heavy atom. The van der Waals surface area contributed by atoms with Crippen molar-refractivity contribution in [3.8, 4) is 6.07 Å². The van der Waals surface area contributed by atoms with Crippen LogP contribution in [0.25, 0.3) is 0 Å². The molecule has 5 heteroatoms. The van der Waals surface area contributed by atoms with Gasteiger partial charge in [0.25, 0.3) is 0 Å². The van der Waals surface area contributed by atoms with E-state index in [1.54, 1.807) is 0 Å². The molecule has 152 valence electrons. The van der Waals surface area contributed by atoms with E-state index in [0.717, 1.165) is 32.1 Å². The molecule has 0 aromatic rings. The molecule has 0 aliphatic heterocycles. The number of nitrogens with zero attached hydrogens (tertiary/aromatic N) is 1. The van der Waals surface area contributed by atoms with Crippen LogP contribution in [0.15, 0.2) is 11.6 Å². The molecule has 0 bridgehead atoms. The largest absolute Gasteiger partial charge is 0.399 e. The monoisotopic (exact) mass is 399 g/mol. The Morgan fingerprint density at radius 1 is 1.14 bits per heavy atom.